The first-order valence-corrected chi connectivity index (χ1v) is 9.07. The molecule has 0 unspecified atom stereocenters. The van der Waals surface area contributed by atoms with Gasteiger partial charge < -0.3 is 10.1 Å². The third-order valence-electron chi connectivity index (χ3n) is 3.77. The molecule has 1 N–H and O–H groups in total. The highest BCUT2D eigenvalue weighted by molar-refractivity contribution is 8.18. The SMILES string of the molecule is C=CCOc1ccc(/C=C2\SC(=Nc3ccc(C)cc3C)NC2=O)cc1. The zero-order valence-corrected chi connectivity index (χ0v) is 15.6. The maximum atomic E-state index is 12.2. The van der Waals surface area contributed by atoms with Gasteiger partial charge in [0.2, 0.25) is 0 Å². The van der Waals surface area contributed by atoms with Gasteiger partial charge in [0.25, 0.3) is 5.91 Å². The highest BCUT2D eigenvalue weighted by atomic mass is 32.2. The molecule has 1 amide bonds. The Balaban J connectivity index is 1.75. The van der Waals surface area contributed by atoms with Gasteiger partial charge in [-0.05, 0) is 61.0 Å². The lowest BCUT2D eigenvalue weighted by Crippen LogP contribution is -2.19. The van der Waals surface area contributed by atoms with Crippen molar-refractivity contribution in [3.8, 4) is 5.75 Å². The molecule has 132 valence electrons. The van der Waals surface area contributed by atoms with E-state index in [1.165, 1.54) is 17.3 Å². The van der Waals surface area contributed by atoms with Crippen molar-refractivity contribution in [1.29, 1.82) is 0 Å². The first kappa shape index (κ1) is 18.0. The molecule has 2 aromatic carbocycles. The van der Waals surface area contributed by atoms with E-state index in [2.05, 4.69) is 23.0 Å². The fourth-order valence-corrected chi connectivity index (χ4v) is 3.32. The number of hydrogen-bond donors (Lipinski definition) is 1. The van der Waals surface area contributed by atoms with Gasteiger partial charge in [-0.1, -0.05) is 42.5 Å². The van der Waals surface area contributed by atoms with Crippen LogP contribution in [0.15, 0.2) is 65.0 Å². The first-order chi connectivity index (χ1) is 12.5. The zero-order chi connectivity index (χ0) is 18.5. The van der Waals surface area contributed by atoms with E-state index in [4.69, 9.17) is 4.74 Å². The molecular formula is C21H20N2O2S. The minimum absolute atomic E-state index is 0.134. The van der Waals surface area contributed by atoms with Crippen LogP contribution in [0.2, 0.25) is 0 Å². The van der Waals surface area contributed by atoms with Crippen LogP contribution in [0.3, 0.4) is 0 Å². The molecule has 2 aromatic rings. The summed E-state index contributed by atoms with van der Waals surface area (Å²) in [5.74, 6) is 0.637. The summed E-state index contributed by atoms with van der Waals surface area (Å²) in [6.07, 6.45) is 3.55. The quantitative estimate of drug-likeness (QED) is 0.615. The molecular weight excluding hydrogens is 344 g/mol. The highest BCUT2D eigenvalue weighted by Gasteiger charge is 2.23. The van der Waals surface area contributed by atoms with Crippen molar-refractivity contribution in [2.24, 2.45) is 4.99 Å². The molecule has 0 aromatic heterocycles. The summed E-state index contributed by atoms with van der Waals surface area (Å²) < 4.78 is 5.46. The van der Waals surface area contributed by atoms with E-state index in [9.17, 15) is 4.79 Å². The maximum absolute atomic E-state index is 12.2. The minimum atomic E-state index is -0.134. The molecule has 1 aliphatic heterocycles. The molecule has 1 aliphatic rings. The Hall–Kier alpha value is -2.79. The van der Waals surface area contributed by atoms with Gasteiger partial charge in [0.1, 0.15) is 12.4 Å². The standard InChI is InChI=1S/C21H20N2O2S/c1-4-11-25-17-8-6-16(7-9-17)13-19-20(24)23-21(26-19)22-18-10-5-14(2)12-15(18)3/h4-10,12-13H,1,11H2,2-3H3,(H,22,23,24)/b19-13-. The number of nitrogens with zero attached hydrogens (tertiary/aromatic N) is 1. The van der Waals surface area contributed by atoms with Crippen LogP contribution in [0, 0.1) is 13.8 Å². The van der Waals surface area contributed by atoms with Gasteiger partial charge in [0.05, 0.1) is 10.6 Å². The van der Waals surface area contributed by atoms with Crippen LogP contribution in [0.25, 0.3) is 6.08 Å². The predicted octanol–water partition coefficient (Wildman–Crippen LogP) is 4.76. The zero-order valence-electron chi connectivity index (χ0n) is 14.8. The second-order valence-corrected chi connectivity index (χ2v) is 6.97. The minimum Gasteiger partial charge on any atom is -0.490 e. The average Bonchev–Trinajstić information content (AvgIpc) is 2.96. The van der Waals surface area contributed by atoms with Crippen molar-refractivity contribution in [2.45, 2.75) is 13.8 Å². The van der Waals surface area contributed by atoms with Crippen LogP contribution in [-0.2, 0) is 4.79 Å². The average molecular weight is 364 g/mol. The van der Waals surface area contributed by atoms with Crippen molar-refractivity contribution in [3.63, 3.8) is 0 Å². The summed E-state index contributed by atoms with van der Waals surface area (Å²) in [4.78, 5) is 17.4. The molecule has 0 radical (unpaired) electrons. The summed E-state index contributed by atoms with van der Waals surface area (Å²) in [7, 11) is 0. The molecule has 1 saturated heterocycles. The topological polar surface area (TPSA) is 50.7 Å². The van der Waals surface area contributed by atoms with E-state index < -0.39 is 0 Å². The van der Waals surface area contributed by atoms with Gasteiger partial charge >= 0.3 is 0 Å². The third kappa shape index (κ3) is 4.43. The van der Waals surface area contributed by atoms with Crippen LogP contribution in [-0.4, -0.2) is 17.7 Å². The highest BCUT2D eigenvalue weighted by Crippen LogP contribution is 2.29. The van der Waals surface area contributed by atoms with Crippen LogP contribution in [0.4, 0.5) is 5.69 Å². The Kier molecular flexibility index (Phi) is 5.58. The van der Waals surface area contributed by atoms with Crippen LogP contribution in [0.1, 0.15) is 16.7 Å². The summed E-state index contributed by atoms with van der Waals surface area (Å²) in [5, 5.41) is 3.42. The normalized spacial score (nSPS) is 16.8. The van der Waals surface area contributed by atoms with Gasteiger partial charge in [-0.3, -0.25) is 4.79 Å². The van der Waals surface area contributed by atoms with Gasteiger partial charge in [-0.15, -0.1) is 0 Å². The Morgan fingerprint density at radius 1 is 1.19 bits per heavy atom. The summed E-state index contributed by atoms with van der Waals surface area (Å²) in [6.45, 7) is 8.15. The largest absolute Gasteiger partial charge is 0.490 e. The lowest BCUT2D eigenvalue weighted by atomic mass is 10.1. The summed E-state index contributed by atoms with van der Waals surface area (Å²) >= 11 is 1.35. The number of ether oxygens (including phenoxy) is 1. The lowest BCUT2D eigenvalue weighted by Gasteiger charge is -2.03. The molecule has 0 aliphatic carbocycles. The van der Waals surface area contributed by atoms with Gasteiger partial charge in [-0.25, -0.2) is 4.99 Å². The molecule has 0 bridgehead atoms. The fraction of sp³-hybridized carbons (Fsp3) is 0.143. The lowest BCUT2D eigenvalue weighted by molar-refractivity contribution is -0.115. The molecule has 1 fully saturated rings. The van der Waals surface area contributed by atoms with E-state index >= 15 is 0 Å². The Labute approximate surface area is 157 Å². The number of thioether (sulfide) groups is 1. The second-order valence-electron chi connectivity index (χ2n) is 5.94. The number of nitrogens with one attached hydrogen (secondary N) is 1. The smallest absolute Gasteiger partial charge is 0.264 e. The van der Waals surface area contributed by atoms with E-state index in [0.717, 1.165) is 22.6 Å². The van der Waals surface area contributed by atoms with Crippen molar-refractivity contribution < 1.29 is 9.53 Å². The van der Waals surface area contributed by atoms with E-state index in [-0.39, 0.29) is 5.91 Å². The number of amidine groups is 1. The monoisotopic (exact) mass is 364 g/mol. The van der Waals surface area contributed by atoms with Crippen molar-refractivity contribution in [3.05, 3.63) is 76.7 Å². The molecule has 0 spiro atoms. The number of carbonyl (C=O) groups is 1. The Bertz CT molecular complexity index is 899. The van der Waals surface area contributed by atoms with E-state index in [1.54, 1.807) is 6.08 Å². The molecule has 0 saturated carbocycles. The van der Waals surface area contributed by atoms with Gasteiger partial charge in [0, 0.05) is 0 Å². The fourth-order valence-electron chi connectivity index (χ4n) is 2.49. The number of amides is 1. The number of aliphatic imine (C=N–C) groups is 1. The molecule has 0 atom stereocenters. The van der Waals surface area contributed by atoms with Crippen LogP contribution >= 0.6 is 11.8 Å². The first-order valence-electron chi connectivity index (χ1n) is 8.26. The maximum Gasteiger partial charge on any atom is 0.264 e. The van der Waals surface area contributed by atoms with Crippen molar-refractivity contribution in [1.82, 2.24) is 5.32 Å². The van der Waals surface area contributed by atoms with Gasteiger partial charge in [-0.2, -0.15) is 0 Å². The molecule has 1 heterocycles. The van der Waals surface area contributed by atoms with Crippen molar-refractivity contribution >= 4 is 34.6 Å². The summed E-state index contributed by atoms with van der Waals surface area (Å²) in [5.41, 5.74) is 4.07. The second kappa shape index (κ2) is 8.06. The van der Waals surface area contributed by atoms with Crippen LogP contribution < -0.4 is 10.1 Å². The number of hydrogen-bond acceptors (Lipinski definition) is 4. The molecule has 4 nitrogen and oxygen atoms in total. The van der Waals surface area contributed by atoms with Crippen LogP contribution in [0.5, 0.6) is 5.75 Å². The van der Waals surface area contributed by atoms with Crippen molar-refractivity contribution in [2.75, 3.05) is 6.61 Å². The predicted molar refractivity (Wildman–Crippen MR) is 109 cm³/mol. The molecule has 26 heavy (non-hydrogen) atoms. The van der Waals surface area contributed by atoms with Gasteiger partial charge in [0.15, 0.2) is 5.17 Å². The number of aryl methyl sites for hydroxylation is 2. The van der Waals surface area contributed by atoms with E-state index in [0.29, 0.717) is 16.7 Å². The molecule has 3 rings (SSSR count). The Morgan fingerprint density at radius 3 is 2.65 bits per heavy atom. The number of rotatable bonds is 5. The molecule has 5 heteroatoms. The summed E-state index contributed by atoms with van der Waals surface area (Å²) in [6, 6.07) is 13.6. The Morgan fingerprint density at radius 2 is 1.96 bits per heavy atom. The van der Waals surface area contributed by atoms with E-state index in [1.807, 2.05) is 56.3 Å². The third-order valence-corrected chi connectivity index (χ3v) is 4.68. The number of benzene rings is 2. The number of carbonyl (C=O) groups excluding carboxylic acids is 1.